The van der Waals surface area contributed by atoms with Crippen molar-refractivity contribution >= 4 is 50.5 Å². The van der Waals surface area contributed by atoms with Gasteiger partial charge in [0.25, 0.3) is 12.3 Å². The van der Waals surface area contributed by atoms with Crippen LogP contribution in [0.4, 0.5) is 26.1 Å². The van der Waals surface area contributed by atoms with E-state index in [1.165, 1.54) is 18.2 Å². The fourth-order valence-electron chi connectivity index (χ4n) is 6.03. The molecule has 11 nitrogen and oxygen atoms in total. The van der Waals surface area contributed by atoms with Crippen LogP contribution in [0.15, 0.2) is 30.3 Å². The Bertz CT molecular complexity index is 1610. The van der Waals surface area contributed by atoms with Gasteiger partial charge in [-0.05, 0) is 43.9 Å². The van der Waals surface area contributed by atoms with Crippen molar-refractivity contribution in [3.05, 3.63) is 46.6 Å². The number of likely N-dealkylation sites (tertiary alicyclic amines) is 1. The Balaban J connectivity index is 1.34. The third-order valence-corrected chi connectivity index (χ3v) is 9.12. The standard InChI is InChI=1S/C28H35ClF2N8O3S/c1-43(41,42)34-21-7-6-19(29)15-20(21)28(40)38-10-3-2-5-23(38)22-16-26-32-25(36-8-4-9-36)17-27(39(26)33-22)37-13-11-35(12-14-37)18-24(30)31/h6-7,15-17,23-24,34H,2-5,8-14,18H2,1H3/t23-/m0/s1. The number of anilines is 3. The van der Waals surface area contributed by atoms with Gasteiger partial charge in [0.05, 0.1) is 35.8 Å². The second-order valence-corrected chi connectivity index (χ2v) is 13.6. The van der Waals surface area contributed by atoms with Gasteiger partial charge in [-0.2, -0.15) is 9.61 Å². The molecule has 0 spiro atoms. The molecule has 1 atom stereocenters. The Labute approximate surface area is 254 Å². The molecule has 3 aliphatic heterocycles. The molecule has 5 heterocycles. The number of halogens is 3. The lowest BCUT2D eigenvalue weighted by Gasteiger charge is -2.37. The summed E-state index contributed by atoms with van der Waals surface area (Å²) in [5.74, 6) is 1.36. The van der Waals surface area contributed by atoms with Crippen molar-refractivity contribution in [2.45, 2.75) is 38.2 Å². The van der Waals surface area contributed by atoms with Gasteiger partial charge in [-0.3, -0.25) is 14.4 Å². The van der Waals surface area contributed by atoms with E-state index in [2.05, 4.69) is 14.5 Å². The highest BCUT2D eigenvalue weighted by atomic mass is 35.5. The molecule has 3 aromatic rings. The van der Waals surface area contributed by atoms with Crippen LogP contribution in [0, 0.1) is 0 Å². The van der Waals surface area contributed by atoms with Gasteiger partial charge in [-0.25, -0.2) is 22.2 Å². The Kier molecular flexibility index (Phi) is 8.35. The predicted molar refractivity (Wildman–Crippen MR) is 162 cm³/mol. The molecular weight excluding hydrogens is 602 g/mol. The van der Waals surface area contributed by atoms with E-state index in [0.29, 0.717) is 55.5 Å². The summed E-state index contributed by atoms with van der Waals surface area (Å²) in [6.07, 6.45) is 2.16. The lowest BCUT2D eigenvalue weighted by Crippen LogP contribution is -2.48. The number of hydrogen-bond acceptors (Lipinski definition) is 8. The molecule has 3 fully saturated rings. The SMILES string of the molecule is CS(=O)(=O)Nc1ccc(Cl)cc1C(=O)N1CCCC[C@H]1c1cc2nc(N3CCC3)cc(N3CCN(CC(F)F)CC3)n2n1. The van der Waals surface area contributed by atoms with Crippen LogP contribution in [-0.4, -0.2) is 104 Å². The monoisotopic (exact) mass is 636 g/mol. The molecule has 15 heteroatoms. The largest absolute Gasteiger partial charge is 0.356 e. The van der Waals surface area contributed by atoms with E-state index < -0.39 is 16.4 Å². The molecule has 1 amide bonds. The number of carbonyl (C=O) groups excluding carboxylic acids is 1. The van der Waals surface area contributed by atoms with Crippen LogP contribution in [0.1, 0.15) is 47.8 Å². The number of aromatic nitrogens is 3. The van der Waals surface area contributed by atoms with Crippen molar-refractivity contribution in [2.24, 2.45) is 0 Å². The Morgan fingerprint density at radius 1 is 1.02 bits per heavy atom. The van der Waals surface area contributed by atoms with E-state index >= 15 is 0 Å². The quantitative estimate of drug-likeness (QED) is 0.399. The molecule has 3 aliphatic rings. The molecule has 0 aliphatic carbocycles. The molecule has 1 N–H and O–H groups in total. The Morgan fingerprint density at radius 2 is 1.79 bits per heavy atom. The van der Waals surface area contributed by atoms with E-state index in [9.17, 15) is 22.0 Å². The fourth-order valence-corrected chi connectivity index (χ4v) is 6.78. The number of benzene rings is 1. The van der Waals surface area contributed by atoms with Crippen LogP contribution in [-0.2, 0) is 10.0 Å². The number of hydrogen-bond donors (Lipinski definition) is 1. The lowest BCUT2D eigenvalue weighted by molar-refractivity contribution is 0.0607. The zero-order valence-corrected chi connectivity index (χ0v) is 25.5. The van der Waals surface area contributed by atoms with E-state index in [1.807, 2.05) is 12.1 Å². The zero-order valence-electron chi connectivity index (χ0n) is 23.9. The van der Waals surface area contributed by atoms with Crippen molar-refractivity contribution in [1.82, 2.24) is 24.4 Å². The summed E-state index contributed by atoms with van der Waals surface area (Å²) in [7, 11) is -3.63. The molecule has 43 heavy (non-hydrogen) atoms. The number of fused-ring (bicyclic) bond motifs is 1. The van der Waals surface area contributed by atoms with Crippen LogP contribution < -0.4 is 14.5 Å². The normalized spacial score (nSPS) is 20.1. The predicted octanol–water partition coefficient (Wildman–Crippen LogP) is 3.72. The van der Waals surface area contributed by atoms with Crippen molar-refractivity contribution in [1.29, 1.82) is 0 Å². The van der Waals surface area contributed by atoms with Crippen LogP contribution in [0.3, 0.4) is 0 Å². The minimum Gasteiger partial charge on any atom is -0.356 e. The zero-order chi connectivity index (χ0) is 30.3. The molecule has 2 aromatic heterocycles. The Morgan fingerprint density at radius 3 is 2.47 bits per heavy atom. The summed E-state index contributed by atoms with van der Waals surface area (Å²) < 4.78 is 54.2. The molecule has 0 unspecified atom stereocenters. The number of nitrogens with zero attached hydrogens (tertiary/aromatic N) is 7. The van der Waals surface area contributed by atoms with Gasteiger partial charge in [0.15, 0.2) is 5.65 Å². The van der Waals surface area contributed by atoms with E-state index in [-0.39, 0.29) is 29.7 Å². The molecular formula is C28H35ClF2N8O3S. The van der Waals surface area contributed by atoms with Gasteiger partial charge >= 0.3 is 0 Å². The van der Waals surface area contributed by atoms with Crippen molar-refractivity contribution in [2.75, 3.05) is 73.1 Å². The molecule has 1 aromatic carbocycles. The van der Waals surface area contributed by atoms with Gasteiger partial charge < -0.3 is 14.7 Å². The number of nitrogens with one attached hydrogen (secondary N) is 1. The number of sulfonamides is 1. The third kappa shape index (κ3) is 6.50. The van der Waals surface area contributed by atoms with Crippen LogP contribution in [0.25, 0.3) is 5.65 Å². The summed E-state index contributed by atoms with van der Waals surface area (Å²) in [4.78, 5) is 26.8. The van der Waals surface area contributed by atoms with Gasteiger partial charge in [0.1, 0.15) is 11.6 Å². The maximum Gasteiger partial charge on any atom is 0.256 e. The minimum absolute atomic E-state index is 0.172. The summed E-state index contributed by atoms with van der Waals surface area (Å²) in [5.41, 5.74) is 1.70. The fraction of sp³-hybridized carbons (Fsp3) is 0.536. The summed E-state index contributed by atoms with van der Waals surface area (Å²) in [6, 6.07) is 8.11. The number of piperidine rings is 1. The maximum absolute atomic E-state index is 14.0. The summed E-state index contributed by atoms with van der Waals surface area (Å²) in [6.45, 7) is 4.29. The van der Waals surface area contributed by atoms with Crippen molar-refractivity contribution < 1.29 is 22.0 Å². The highest BCUT2D eigenvalue weighted by Gasteiger charge is 2.33. The number of carbonyl (C=O) groups is 1. The first-order valence-corrected chi connectivity index (χ1v) is 16.8. The first-order valence-electron chi connectivity index (χ1n) is 14.6. The van der Waals surface area contributed by atoms with E-state index in [4.69, 9.17) is 21.7 Å². The van der Waals surface area contributed by atoms with Gasteiger partial charge in [-0.15, -0.1) is 0 Å². The first-order chi connectivity index (χ1) is 20.6. The van der Waals surface area contributed by atoms with Crippen molar-refractivity contribution in [3.63, 3.8) is 0 Å². The second kappa shape index (κ2) is 12.0. The maximum atomic E-state index is 14.0. The third-order valence-electron chi connectivity index (χ3n) is 8.30. The van der Waals surface area contributed by atoms with Gasteiger partial charge in [0, 0.05) is 63.0 Å². The molecule has 0 bridgehead atoms. The number of rotatable bonds is 8. The highest BCUT2D eigenvalue weighted by molar-refractivity contribution is 7.92. The average molecular weight is 637 g/mol. The molecule has 6 rings (SSSR count). The highest BCUT2D eigenvalue weighted by Crippen LogP contribution is 2.35. The van der Waals surface area contributed by atoms with Crippen LogP contribution in [0.5, 0.6) is 0 Å². The lowest BCUT2D eigenvalue weighted by atomic mass is 9.98. The van der Waals surface area contributed by atoms with Crippen molar-refractivity contribution in [3.8, 4) is 0 Å². The average Bonchev–Trinajstić information content (AvgIpc) is 3.36. The van der Waals surface area contributed by atoms with Gasteiger partial charge in [0.2, 0.25) is 10.0 Å². The molecule has 3 saturated heterocycles. The number of alkyl halides is 2. The topological polar surface area (TPSA) is 106 Å². The van der Waals surface area contributed by atoms with E-state index in [0.717, 1.165) is 50.2 Å². The Hall–Kier alpha value is -3.23. The molecule has 0 saturated carbocycles. The number of piperazine rings is 1. The smallest absolute Gasteiger partial charge is 0.256 e. The molecule has 0 radical (unpaired) electrons. The first kappa shape index (κ1) is 29.8. The minimum atomic E-state index is -3.63. The summed E-state index contributed by atoms with van der Waals surface area (Å²) in [5, 5.41) is 5.30. The summed E-state index contributed by atoms with van der Waals surface area (Å²) >= 11 is 6.24. The van der Waals surface area contributed by atoms with Crippen LogP contribution >= 0.6 is 11.6 Å². The molecule has 232 valence electrons. The van der Waals surface area contributed by atoms with Gasteiger partial charge in [-0.1, -0.05) is 11.6 Å². The van der Waals surface area contributed by atoms with E-state index in [1.54, 1.807) is 14.3 Å². The van der Waals surface area contributed by atoms with Crippen LogP contribution in [0.2, 0.25) is 5.02 Å². The second-order valence-electron chi connectivity index (χ2n) is 11.4. The number of amides is 1.